The molecule has 0 saturated carbocycles. The van der Waals surface area contributed by atoms with Gasteiger partial charge in [0.1, 0.15) is 11.9 Å². The molecule has 0 aliphatic carbocycles. The first-order valence-corrected chi connectivity index (χ1v) is 8.96. The molecule has 1 aliphatic rings. The minimum absolute atomic E-state index is 0.0956. The van der Waals surface area contributed by atoms with Crippen molar-refractivity contribution in [2.45, 2.75) is 32.5 Å². The maximum absolute atomic E-state index is 12.0. The zero-order valence-electron chi connectivity index (χ0n) is 13.7. The minimum atomic E-state index is -0.181. The Morgan fingerprint density at radius 2 is 2.21 bits per heavy atom. The van der Waals surface area contributed by atoms with Gasteiger partial charge in [-0.05, 0) is 30.0 Å². The van der Waals surface area contributed by atoms with Crippen molar-refractivity contribution in [3.63, 3.8) is 0 Å². The average molecular weight is 346 g/mol. The maximum Gasteiger partial charge on any atom is 0.315 e. The summed E-state index contributed by atoms with van der Waals surface area (Å²) in [5, 5.41) is 7.75. The van der Waals surface area contributed by atoms with Crippen LogP contribution < -0.4 is 15.4 Å². The van der Waals surface area contributed by atoms with Gasteiger partial charge in [0, 0.05) is 23.4 Å². The number of hydrogen-bond acceptors (Lipinski definition) is 4. The van der Waals surface area contributed by atoms with Crippen molar-refractivity contribution in [1.82, 2.24) is 10.6 Å². The summed E-state index contributed by atoms with van der Waals surface area (Å²) in [6, 6.07) is 9.83. The summed E-state index contributed by atoms with van der Waals surface area (Å²) < 4.78 is 11.4. The number of hydrogen-bond donors (Lipinski definition) is 2. The van der Waals surface area contributed by atoms with E-state index in [4.69, 9.17) is 9.47 Å². The third-order valence-electron chi connectivity index (χ3n) is 3.85. The van der Waals surface area contributed by atoms with E-state index in [9.17, 15) is 4.79 Å². The lowest BCUT2D eigenvalue weighted by Gasteiger charge is -2.17. The number of ether oxygens (including phenoxy) is 2. The molecule has 1 aliphatic heterocycles. The Hall–Kier alpha value is -2.05. The number of nitrogens with one attached hydrogen (secondary N) is 2. The summed E-state index contributed by atoms with van der Waals surface area (Å²) in [7, 11) is 0. The van der Waals surface area contributed by atoms with Gasteiger partial charge in [-0.3, -0.25) is 0 Å². The molecular weight excluding hydrogens is 324 g/mol. The molecule has 1 fully saturated rings. The first-order valence-electron chi connectivity index (χ1n) is 8.09. The van der Waals surface area contributed by atoms with Gasteiger partial charge in [0.05, 0.1) is 19.8 Å². The molecule has 1 aromatic heterocycles. The van der Waals surface area contributed by atoms with E-state index in [0.717, 1.165) is 34.8 Å². The smallest absolute Gasteiger partial charge is 0.315 e. The van der Waals surface area contributed by atoms with Crippen LogP contribution in [0.25, 0.3) is 0 Å². The van der Waals surface area contributed by atoms with E-state index in [0.29, 0.717) is 19.7 Å². The van der Waals surface area contributed by atoms with Crippen LogP contribution in [0.4, 0.5) is 4.79 Å². The number of carbonyl (C=O) groups excluding carboxylic acids is 1. The molecule has 1 saturated heterocycles. The third-order valence-corrected chi connectivity index (χ3v) is 4.72. The molecule has 0 bridgehead atoms. The standard InChI is InChI=1S/C18H22N2O3S/c1-13-4-5-14(17(9-13)23-15-6-7-22-12-15)10-19-18(21)20-11-16-3-2-8-24-16/h2-5,8-9,15H,6-7,10-12H2,1H3,(H2,19,20,21)/t15-/m0/s1. The van der Waals surface area contributed by atoms with Crippen LogP contribution >= 0.6 is 11.3 Å². The second-order valence-electron chi connectivity index (χ2n) is 5.83. The lowest BCUT2D eigenvalue weighted by atomic mass is 10.1. The van der Waals surface area contributed by atoms with E-state index >= 15 is 0 Å². The molecule has 2 amide bonds. The van der Waals surface area contributed by atoms with Gasteiger partial charge in [-0.2, -0.15) is 0 Å². The van der Waals surface area contributed by atoms with Crippen molar-refractivity contribution in [3.8, 4) is 5.75 Å². The average Bonchev–Trinajstić information content (AvgIpc) is 3.26. The van der Waals surface area contributed by atoms with Crippen LogP contribution in [0.1, 0.15) is 22.4 Å². The Labute approximate surface area is 146 Å². The van der Waals surface area contributed by atoms with Crippen LogP contribution in [-0.4, -0.2) is 25.3 Å². The topological polar surface area (TPSA) is 59.6 Å². The quantitative estimate of drug-likeness (QED) is 0.844. The molecule has 128 valence electrons. The van der Waals surface area contributed by atoms with Crippen LogP contribution in [-0.2, 0) is 17.8 Å². The molecule has 6 heteroatoms. The first-order chi connectivity index (χ1) is 11.7. The number of thiophene rings is 1. The molecule has 2 aromatic rings. The van der Waals surface area contributed by atoms with Gasteiger partial charge in [-0.25, -0.2) is 4.79 Å². The summed E-state index contributed by atoms with van der Waals surface area (Å²) in [4.78, 5) is 13.1. The Balaban J connectivity index is 1.54. The van der Waals surface area contributed by atoms with E-state index in [2.05, 4.69) is 10.6 Å². The second-order valence-corrected chi connectivity index (χ2v) is 6.86. The molecule has 1 atom stereocenters. The highest BCUT2D eigenvalue weighted by Crippen LogP contribution is 2.23. The van der Waals surface area contributed by atoms with Crippen molar-refractivity contribution < 1.29 is 14.3 Å². The molecule has 3 rings (SSSR count). The number of urea groups is 1. The van der Waals surface area contributed by atoms with Crippen molar-refractivity contribution >= 4 is 17.4 Å². The van der Waals surface area contributed by atoms with Gasteiger partial charge in [-0.1, -0.05) is 18.2 Å². The lowest BCUT2D eigenvalue weighted by Crippen LogP contribution is -2.34. The van der Waals surface area contributed by atoms with E-state index in [-0.39, 0.29) is 12.1 Å². The van der Waals surface area contributed by atoms with Crippen LogP contribution in [0.2, 0.25) is 0 Å². The van der Waals surface area contributed by atoms with E-state index in [1.165, 1.54) is 0 Å². The lowest BCUT2D eigenvalue weighted by molar-refractivity contribution is 0.140. The van der Waals surface area contributed by atoms with Crippen LogP contribution in [0.15, 0.2) is 35.7 Å². The molecule has 0 spiro atoms. The Morgan fingerprint density at radius 1 is 1.33 bits per heavy atom. The fourth-order valence-electron chi connectivity index (χ4n) is 2.52. The highest BCUT2D eigenvalue weighted by molar-refractivity contribution is 7.09. The molecule has 0 unspecified atom stereocenters. The fourth-order valence-corrected chi connectivity index (χ4v) is 3.17. The summed E-state index contributed by atoms with van der Waals surface area (Å²) >= 11 is 1.63. The Bertz CT molecular complexity index is 667. The predicted octanol–water partition coefficient (Wildman–Crippen LogP) is 3.22. The van der Waals surface area contributed by atoms with Gasteiger partial charge in [-0.15, -0.1) is 11.3 Å². The van der Waals surface area contributed by atoms with Crippen LogP contribution in [0.3, 0.4) is 0 Å². The summed E-state index contributed by atoms with van der Waals surface area (Å²) in [6.45, 7) is 4.37. The van der Waals surface area contributed by atoms with Gasteiger partial charge in [0.2, 0.25) is 0 Å². The van der Waals surface area contributed by atoms with Crippen LogP contribution in [0.5, 0.6) is 5.75 Å². The van der Waals surface area contributed by atoms with Crippen molar-refractivity contribution in [2.24, 2.45) is 0 Å². The zero-order chi connectivity index (χ0) is 16.8. The largest absolute Gasteiger partial charge is 0.488 e. The number of aryl methyl sites for hydroxylation is 1. The molecule has 2 N–H and O–H groups in total. The molecular formula is C18H22N2O3S. The van der Waals surface area contributed by atoms with Gasteiger partial charge in [0.25, 0.3) is 0 Å². The maximum atomic E-state index is 12.0. The molecule has 24 heavy (non-hydrogen) atoms. The van der Waals surface area contributed by atoms with E-state index < -0.39 is 0 Å². The number of benzene rings is 1. The SMILES string of the molecule is Cc1ccc(CNC(=O)NCc2cccs2)c(O[C@H]2CCOC2)c1. The number of rotatable bonds is 6. The number of amides is 2. The summed E-state index contributed by atoms with van der Waals surface area (Å²) in [6.07, 6.45) is 1.00. The third kappa shape index (κ3) is 4.72. The minimum Gasteiger partial charge on any atom is -0.488 e. The molecule has 0 radical (unpaired) electrons. The summed E-state index contributed by atoms with van der Waals surface area (Å²) in [5.74, 6) is 0.823. The normalized spacial score (nSPS) is 16.8. The van der Waals surface area contributed by atoms with Crippen molar-refractivity contribution in [3.05, 3.63) is 51.7 Å². The van der Waals surface area contributed by atoms with Crippen molar-refractivity contribution in [2.75, 3.05) is 13.2 Å². The monoisotopic (exact) mass is 346 g/mol. The Kier molecular flexibility index (Phi) is 5.72. The highest BCUT2D eigenvalue weighted by Gasteiger charge is 2.18. The number of carbonyl (C=O) groups is 1. The first kappa shape index (κ1) is 16.8. The fraction of sp³-hybridized carbons (Fsp3) is 0.389. The van der Waals surface area contributed by atoms with E-state index in [1.54, 1.807) is 11.3 Å². The molecule has 5 nitrogen and oxygen atoms in total. The second kappa shape index (κ2) is 8.17. The van der Waals surface area contributed by atoms with E-state index in [1.807, 2.05) is 42.6 Å². The summed E-state index contributed by atoms with van der Waals surface area (Å²) in [5.41, 5.74) is 2.11. The Morgan fingerprint density at radius 3 is 2.96 bits per heavy atom. The molecule has 1 aromatic carbocycles. The zero-order valence-corrected chi connectivity index (χ0v) is 14.5. The van der Waals surface area contributed by atoms with Crippen LogP contribution in [0, 0.1) is 6.92 Å². The van der Waals surface area contributed by atoms with Gasteiger partial charge in [0.15, 0.2) is 0 Å². The van der Waals surface area contributed by atoms with Gasteiger partial charge < -0.3 is 20.1 Å². The van der Waals surface area contributed by atoms with Gasteiger partial charge >= 0.3 is 6.03 Å². The molecule has 2 heterocycles. The van der Waals surface area contributed by atoms with Crippen molar-refractivity contribution in [1.29, 1.82) is 0 Å². The highest BCUT2D eigenvalue weighted by atomic mass is 32.1. The predicted molar refractivity (Wildman–Crippen MR) is 94.4 cm³/mol.